The van der Waals surface area contributed by atoms with Crippen molar-refractivity contribution in [2.45, 2.75) is 58.5 Å². The molecule has 0 aliphatic carbocycles. The smallest absolute Gasteiger partial charge is 0.253 e. The molecule has 0 aromatic rings. The summed E-state index contributed by atoms with van der Waals surface area (Å²) in [6.07, 6.45) is 4.40. The molecule has 0 aromatic heterocycles. The lowest BCUT2D eigenvalue weighted by Gasteiger charge is -2.23. The summed E-state index contributed by atoms with van der Waals surface area (Å²) in [6.45, 7) is 4.96. The van der Waals surface area contributed by atoms with Crippen LogP contribution >= 0.6 is 0 Å². The Hall–Kier alpha value is -2.98. The molecule has 1 aliphatic rings. The highest BCUT2D eigenvalue weighted by Gasteiger charge is 2.27. The molecule has 0 bridgehead atoms. The number of nitrogens with one attached hydrogen (secondary N) is 3. The van der Waals surface area contributed by atoms with Crippen LogP contribution in [-0.4, -0.2) is 73.1 Å². The number of carbonyl (C=O) groups is 6. The second kappa shape index (κ2) is 12.7. The van der Waals surface area contributed by atoms with Gasteiger partial charge in [0, 0.05) is 25.1 Å². The molecule has 2 atom stereocenters. The molecule has 0 fully saturated rings. The van der Waals surface area contributed by atoms with Crippen LogP contribution in [0.25, 0.3) is 0 Å². The first-order valence-corrected chi connectivity index (χ1v) is 10.2. The van der Waals surface area contributed by atoms with E-state index in [1.165, 1.54) is 19.1 Å². The molecule has 11 heteroatoms. The number of hydrogen-bond acceptors (Lipinski definition) is 6. The Morgan fingerprint density at radius 3 is 2.10 bits per heavy atom. The summed E-state index contributed by atoms with van der Waals surface area (Å²) in [5, 5.41) is 7.48. The maximum atomic E-state index is 12.5. The first-order valence-electron chi connectivity index (χ1n) is 10.2. The molecule has 1 heterocycles. The highest BCUT2D eigenvalue weighted by molar-refractivity contribution is 6.58. The van der Waals surface area contributed by atoms with Gasteiger partial charge in [0.15, 0.2) is 7.85 Å². The molecular weight excluding hydrogens is 403 g/mol. The fourth-order valence-electron chi connectivity index (χ4n) is 2.86. The minimum atomic E-state index is -0.907. The van der Waals surface area contributed by atoms with Gasteiger partial charge in [-0.25, -0.2) is 0 Å². The van der Waals surface area contributed by atoms with Crippen molar-refractivity contribution < 1.29 is 28.8 Å². The van der Waals surface area contributed by atoms with E-state index in [2.05, 4.69) is 16.0 Å². The van der Waals surface area contributed by atoms with Crippen LogP contribution in [-0.2, 0) is 28.8 Å². The minimum absolute atomic E-state index is 0.186. The molecule has 1 rings (SSSR count). The van der Waals surface area contributed by atoms with Gasteiger partial charge in [-0.15, -0.1) is 0 Å². The van der Waals surface area contributed by atoms with Crippen molar-refractivity contribution in [1.29, 1.82) is 0 Å². The minimum Gasteiger partial charge on any atom is -0.348 e. The van der Waals surface area contributed by atoms with E-state index >= 15 is 0 Å². The molecule has 0 saturated carbocycles. The number of amides is 5. The van der Waals surface area contributed by atoms with Crippen LogP contribution in [0.15, 0.2) is 12.2 Å². The van der Waals surface area contributed by atoms with Gasteiger partial charge >= 0.3 is 0 Å². The van der Waals surface area contributed by atoms with Gasteiger partial charge in [0.25, 0.3) is 11.8 Å². The van der Waals surface area contributed by atoms with Gasteiger partial charge in [0.2, 0.25) is 17.7 Å². The van der Waals surface area contributed by atoms with Crippen LogP contribution in [0.4, 0.5) is 0 Å². The fourth-order valence-corrected chi connectivity index (χ4v) is 2.86. The van der Waals surface area contributed by atoms with Gasteiger partial charge < -0.3 is 20.7 Å². The van der Waals surface area contributed by atoms with Crippen LogP contribution in [0.2, 0.25) is 0 Å². The predicted octanol–water partition coefficient (Wildman–Crippen LogP) is -1.07. The number of nitrogens with zero attached hydrogens (tertiary/aromatic N) is 1. The van der Waals surface area contributed by atoms with E-state index in [-0.39, 0.29) is 36.6 Å². The van der Waals surface area contributed by atoms with Crippen LogP contribution in [0.1, 0.15) is 46.5 Å². The second-order valence-corrected chi connectivity index (χ2v) is 7.68. The first kappa shape index (κ1) is 26.1. The Morgan fingerprint density at radius 1 is 0.935 bits per heavy atom. The topological polar surface area (TPSA) is 142 Å². The van der Waals surface area contributed by atoms with Crippen molar-refractivity contribution in [2.75, 3.05) is 13.1 Å². The maximum absolute atomic E-state index is 12.5. The molecule has 1 aliphatic heterocycles. The van der Waals surface area contributed by atoms with Crippen LogP contribution in [0.5, 0.6) is 0 Å². The van der Waals surface area contributed by atoms with Gasteiger partial charge in [-0.2, -0.15) is 0 Å². The van der Waals surface area contributed by atoms with E-state index in [1.807, 2.05) is 0 Å². The lowest BCUT2D eigenvalue weighted by atomic mass is 10.0. The van der Waals surface area contributed by atoms with E-state index in [0.29, 0.717) is 25.8 Å². The highest BCUT2D eigenvalue weighted by Crippen LogP contribution is 2.09. The van der Waals surface area contributed by atoms with Gasteiger partial charge in [0.1, 0.15) is 12.1 Å². The van der Waals surface area contributed by atoms with E-state index in [4.69, 9.17) is 7.85 Å². The monoisotopic (exact) mass is 432 g/mol. The third-order valence-electron chi connectivity index (χ3n) is 4.64. The van der Waals surface area contributed by atoms with Crippen molar-refractivity contribution in [1.82, 2.24) is 20.9 Å². The molecule has 5 amide bonds. The molecule has 0 saturated heterocycles. The Kier molecular flexibility index (Phi) is 10.6. The Labute approximate surface area is 183 Å². The number of rotatable bonds is 13. The second-order valence-electron chi connectivity index (χ2n) is 7.68. The van der Waals surface area contributed by atoms with Crippen LogP contribution < -0.4 is 16.0 Å². The highest BCUT2D eigenvalue weighted by atomic mass is 16.2. The van der Waals surface area contributed by atoms with E-state index < -0.39 is 29.6 Å². The van der Waals surface area contributed by atoms with Crippen LogP contribution in [0, 0.1) is 5.92 Å². The molecule has 168 valence electrons. The average molecular weight is 432 g/mol. The zero-order chi connectivity index (χ0) is 23.6. The largest absolute Gasteiger partial charge is 0.348 e. The van der Waals surface area contributed by atoms with Gasteiger partial charge in [0.05, 0.1) is 12.2 Å². The van der Waals surface area contributed by atoms with Crippen molar-refractivity contribution >= 4 is 43.1 Å². The third kappa shape index (κ3) is 9.14. The van der Waals surface area contributed by atoms with Gasteiger partial charge in [-0.1, -0.05) is 20.3 Å². The zero-order valence-electron chi connectivity index (χ0n) is 18.1. The molecular formula is C20H29BN4O6. The molecule has 0 aromatic carbocycles. The average Bonchev–Trinajstić information content (AvgIpc) is 3.01. The molecule has 0 spiro atoms. The zero-order valence-corrected chi connectivity index (χ0v) is 18.1. The number of carbonyl (C=O) groups excluding carboxylic acids is 6. The predicted molar refractivity (Wildman–Crippen MR) is 112 cm³/mol. The third-order valence-corrected chi connectivity index (χ3v) is 4.64. The Balaban J connectivity index is 2.38. The Morgan fingerprint density at radius 2 is 1.55 bits per heavy atom. The molecule has 2 radical (unpaired) electrons. The molecule has 31 heavy (non-hydrogen) atoms. The molecule has 3 N–H and O–H groups in total. The summed E-state index contributed by atoms with van der Waals surface area (Å²) in [7, 11) is 4.96. The normalized spacial score (nSPS) is 15.0. The first-order chi connectivity index (χ1) is 14.5. The van der Waals surface area contributed by atoms with E-state index in [1.54, 1.807) is 13.8 Å². The maximum Gasteiger partial charge on any atom is 0.253 e. The number of imide groups is 1. The van der Waals surface area contributed by atoms with Crippen molar-refractivity contribution in [3.63, 3.8) is 0 Å². The summed E-state index contributed by atoms with van der Waals surface area (Å²) < 4.78 is 0. The molecule has 1 unspecified atom stereocenters. The number of hydrogen-bond donors (Lipinski definition) is 3. The van der Waals surface area contributed by atoms with Crippen molar-refractivity contribution in [3.05, 3.63) is 12.2 Å². The SMILES string of the molecule is [B]C(=O)CNC(=O)[C@H](C)NC(=O)C(NC(=O)CCCCCN1C(=O)C=CC1=O)C(C)C. The number of unbranched alkanes of at least 4 members (excludes halogenated alkanes) is 2. The lowest BCUT2D eigenvalue weighted by Crippen LogP contribution is -2.54. The summed E-state index contributed by atoms with van der Waals surface area (Å²) in [5.74, 6) is -2.26. The fraction of sp³-hybridized carbons (Fsp3) is 0.600. The van der Waals surface area contributed by atoms with E-state index in [0.717, 1.165) is 4.90 Å². The quantitative estimate of drug-likeness (QED) is 0.192. The van der Waals surface area contributed by atoms with Gasteiger partial charge in [-0.05, 0) is 25.7 Å². The Bertz CT molecular complexity index is 734. The van der Waals surface area contributed by atoms with Crippen LogP contribution in [0.3, 0.4) is 0 Å². The summed E-state index contributed by atoms with van der Waals surface area (Å²) in [6, 6.07) is -1.74. The summed E-state index contributed by atoms with van der Waals surface area (Å²) in [4.78, 5) is 71.4. The standard InChI is InChI=1S/C20H29BN4O6/c1-12(2)18(20(31)23-13(3)19(30)22-11-14(21)26)24-15(27)7-5-4-6-10-25-16(28)8-9-17(25)29/h8-9,12-13,18H,4-7,10-11H2,1-3H3,(H,22,30)(H,23,31)(H,24,27)/t13-,18?/m0/s1. The van der Waals surface area contributed by atoms with Gasteiger partial charge in [-0.3, -0.25) is 28.9 Å². The van der Waals surface area contributed by atoms with E-state index in [9.17, 15) is 28.8 Å². The summed E-state index contributed by atoms with van der Waals surface area (Å²) >= 11 is 0. The summed E-state index contributed by atoms with van der Waals surface area (Å²) in [5.41, 5.74) is -0.700. The van der Waals surface area contributed by atoms with Crippen molar-refractivity contribution in [3.8, 4) is 0 Å². The molecule has 10 nitrogen and oxygen atoms in total. The lowest BCUT2D eigenvalue weighted by molar-refractivity contribution is -0.137. The van der Waals surface area contributed by atoms with Crippen molar-refractivity contribution in [2.24, 2.45) is 5.92 Å².